The lowest BCUT2D eigenvalue weighted by Crippen LogP contribution is -2.29. The van der Waals surface area contributed by atoms with Gasteiger partial charge in [-0.2, -0.15) is 0 Å². The highest BCUT2D eigenvalue weighted by molar-refractivity contribution is 7.17. The molecule has 0 unspecified atom stereocenters. The number of hydrogen-bond acceptors (Lipinski definition) is 9. The smallest absolute Gasteiger partial charge is 0.350 e. The minimum absolute atomic E-state index is 0.000988. The number of fused-ring (bicyclic) bond motifs is 1. The Hall–Kier alpha value is -4.44. The molecule has 3 heterocycles. The molecule has 1 amide bonds. The van der Waals surface area contributed by atoms with Crippen LogP contribution in [0, 0.1) is 6.92 Å². The summed E-state index contributed by atoms with van der Waals surface area (Å²) in [5.41, 5.74) is 2.12. The van der Waals surface area contributed by atoms with E-state index in [9.17, 15) is 19.5 Å². The van der Waals surface area contributed by atoms with Crippen LogP contribution in [0.25, 0.3) is 5.76 Å². The molecule has 218 valence electrons. The van der Waals surface area contributed by atoms with Crippen LogP contribution in [-0.2, 0) is 20.7 Å². The van der Waals surface area contributed by atoms with Gasteiger partial charge in [0.1, 0.15) is 34.8 Å². The molecule has 0 radical (unpaired) electrons. The molecule has 2 atom stereocenters. The van der Waals surface area contributed by atoms with Crippen molar-refractivity contribution in [2.24, 2.45) is 0 Å². The molecular weight excluding hydrogens is 556 g/mol. The first kappa shape index (κ1) is 29.1. The van der Waals surface area contributed by atoms with E-state index in [0.29, 0.717) is 35.6 Å². The number of amides is 1. The third kappa shape index (κ3) is 5.54. The number of aliphatic hydroxyl groups excluding tert-OH is 1. The van der Waals surface area contributed by atoms with Crippen molar-refractivity contribution in [1.29, 1.82) is 0 Å². The lowest BCUT2D eigenvalue weighted by atomic mass is 9.94. The van der Waals surface area contributed by atoms with Crippen LogP contribution in [0.15, 0.2) is 60.7 Å². The van der Waals surface area contributed by atoms with Gasteiger partial charge in [-0.1, -0.05) is 49.5 Å². The summed E-state index contributed by atoms with van der Waals surface area (Å²) in [6.07, 6.45) is 3.94. The number of unbranched alkanes of at least 4 members (excludes halogenated alkanes) is 1. The van der Waals surface area contributed by atoms with Gasteiger partial charge in [0.15, 0.2) is 5.13 Å². The predicted molar refractivity (Wildman–Crippen MR) is 159 cm³/mol. The molecule has 5 rings (SSSR count). The Morgan fingerprint density at radius 3 is 2.83 bits per heavy atom. The summed E-state index contributed by atoms with van der Waals surface area (Å²) in [4.78, 5) is 45.9. The fraction of sp³-hybridized carbons (Fsp3) is 0.312. The monoisotopic (exact) mass is 588 g/mol. The fourth-order valence-electron chi connectivity index (χ4n) is 5.05. The highest BCUT2D eigenvalue weighted by Gasteiger charge is 2.48. The van der Waals surface area contributed by atoms with Gasteiger partial charge in [-0.25, -0.2) is 9.78 Å². The molecule has 1 N–H and O–H groups in total. The number of ketones is 1. The van der Waals surface area contributed by atoms with Crippen molar-refractivity contribution in [3.05, 3.63) is 88.0 Å². The lowest BCUT2D eigenvalue weighted by molar-refractivity contribution is -0.132. The van der Waals surface area contributed by atoms with Crippen LogP contribution in [0.4, 0.5) is 5.13 Å². The number of carbonyl (C=O) groups is 3. The van der Waals surface area contributed by atoms with Crippen LogP contribution < -0.4 is 14.4 Å². The highest BCUT2D eigenvalue weighted by Crippen LogP contribution is 2.45. The maximum Gasteiger partial charge on any atom is 0.350 e. The lowest BCUT2D eigenvalue weighted by Gasteiger charge is -2.23. The summed E-state index contributed by atoms with van der Waals surface area (Å²) in [6.45, 7) is 9.74. The minimum atomic E-state index is -1.02. The number of esters is 1. The van der Waals surface area contributed by atoms with Crippen molar-refractivity contribution in [3.63, 3.8) is 0 Å². The molecule has 42 heavy (non-hydrogen) atoms. The molecule has 0 saturated carbocycles. The number of thiazole rings is 1. The fourth-order valence-corrected chi connectivity index (χ4v) is 6.04. The molecule has 1 aromatic heterocycles. The van der Waals surface area contributed by atoms with E-state index >= 15 is 0 Å². The van der Waals surface area contributed by atoms with E-state index in [2.05, 4.69) is 18.5 Å². The van der Waals surface area contributed by atoms with Gasteiger partial charge in [0.25, 0.3) is 5.78 Å². The van der Waals surface area contributed by atoms with Crippen molar-refractivity contribution in [2.75, 3.05) is 18.1 Å². The van der Waals surface area contributed by atoms with Crippen LogP contribution in [0.3, 0.4) is 0 Å². The van der Waals surface area contributed by atoms with Crippen LogP contribution in [0.5, 0.6) is 11.5 Å². The van der Waals surface area contributed by atoms with E-state index in [1.54, 1.807) is 49.4 Å². The molecule has 0 bridgehead atoms. The second-order valence-electron chi connectivity index (χ2n) is 10.2. The molecule has 0 aliphatic carbocycles. The molecule has 2 aromatic carbocycles. The average molecular weight is 589 g/mol. The van der Waals surface area contributed by atoms with Crippen LogP contribution in [0.2, 0.25) is 0 Å². The zero-order valence-electron chi connectivity index (χ0n) is 23.7. The molecule has 10 heteroatoms. The van der Waals surface area contributed by atoms with Gasteiger partial charge in [-0.3, -0.25) is 14.5 Å². The Bertz CT molecular complexity index is 1590. The van der Waals surface area contributed by atoms with E-state index in [0.717, 1.165) is 35.5 Å². The van der Waals surface area contributed by atoms with E-state index < -0.39 is 23.7 Å². The van der Waals surface area contributed by atoms with E-state index in [4.69, 9.17) is 14.2 Å². The van der Waals surface area contributed by atoms with Gasteiger partial charge in [0.05, 0.1) is 23.9 Å². The summed E-state index contributed by atoms with van der Waals surface area (Å²) in [5, 5.41) is 11.7. The van der Waals surface area contributed by atoms with Crippen molar-refractivity contribution in [1.82, 2.24) is 4.98 Å². The molecule has 3 aromatic rings. The summed E-state index contributed by atoms with van der Waals surface area (Å²) < 4.78 is 16.9. The average Bonchev–Trinajstić information content (AvgIpc) is 3.63. The number of rotatable bonds is 10. The van der Waals surface area contributed by atoms with Crippen molar-refractivity contribution >= 4 is 39.9 Å². The Morgan fingerprint density at radius 2 is 2.07 bits per heavy atom. The van der Waals surface area contributed by atoms with Crippen molar-refractivity contribution < 1.29 is 33.7 Å². The second-order valence-corrected chi connectivity index (χ2v) is 11.2. The van der Waals surface area contributed by atoms with Crippen LogP contribution in [0.1, 0.15) is 64.8 Å². The standard InChI is InChI=1S/C32H32N2O7S/c1-5-7-14-39-23-10-8-9-20(17-23)26-25(27(35)21-11-12-24-22(16-21)15-18(3)41-24)28(36)30(37)34(26)32-33-19(4)29(42-32)31(38)40-13-6-2/h6,8-12,16-18,26,35H,2,5,7,13-15H2,1,3-4H3/b27-25+/t18-,26+/m0/s1. The maximum atomic E-state index is 13.6. The van der Waals surface area contributed by atoms with Gasteiger partial charge < -0.3 is 19.3 Å². The molecule has 2 aliphatic rings. The summed E-state index contributed by atoms with van der Waals surface area (Å²) >= 11 is 0.948. The third-order valence-electron chi connectivity index (χ3n) is 7.06. The highest BCUT2D eigenvalue weighted by atomic mass is 32.1. The normalized spacial score (nSPS) is 19.0. The van der Waals surface area contributed by atoms with Crippen LogP contribution >= 0.6 is 11.3 Å². The van der Waals surface area contributed by atoms with Crippen molar-refractivity contribution in [2.45, 2.75) is 52.2 Å². The second kappa shape index (κ2) is 12.2. The predicted octanol–water partition coefficient (Wildman–Crippen LogP) is 5.92. The van der Waals surface area contributed by atoms with Gasteiger partial charge in [0.2, 0.25) is 0 Å². The third-order valence-corrected chi connectivity index (χ3v) is 8.20. The molecule has 2 aliphatic heterocycles. The zero-order chi connectivity index (χ0) is 30.0. The quantitative estimate of drug-likeness (QED) is 0.0775. The number of Topliss-reactive ketones (excluding diaryl/α,β-unsaturated/α-hetero) is 1. The Labute approximate surface area is 248 Å². The summed E-state index contributed by atoms with van der Waals surface area (Å²) in [7, 11) is 0. The van der Waals surface area contributed by atoms with E-state index in [-0.39, 0.29) is 34.1 Å². The SMILES string of the molecule is C=CCOC(=O)c1sc(N2C(=O)C(=O)/C(=C(/O)c3ccc4c(c3)C[C@H](C)O4)[C@H]2c2cccc(OCCCC)c2)nc1C. The van der Waals surface area contributed by atoms with Crippen molar-refractivity contribution in [3.8, 4) is 11.5 Å². The number of benzene rings is 2. The molecular formula is C32H32N2O7S. The molecule has 1 saturated heterocycles. The number of aliphatic hydroxyl groups is 1. The van der Waals surface area contributed by atoms with Gasteiger partial charge in [0, 0.05) is 12.0 Å². The van der Waals surface area contributed by atoms with E-state index in [1.165, 1.54) is 11.0 Å². The molecule has 9 nitrogen and oxygen atoms in total. The number of ether oxygens (including phenoxy) is 3. The molecule has 0 spiro atoms. The zero-order valence-corrected chi connectivity index (χ0v) is 24.5. The minimum Gasteiger partial charge on any atom is -0.507 e. The summed E-state index contributed by atoms with van der Waals surface area (Å²) in [6, 6.07) is 11.3. The van der Waals surface area contributed by atoms with Gasteiger partial charge in [-0.05, 0) is 61.7 Å². The Balaban J connectivity index is 1.63. The Morgan fingerprint density at radius 1 is 1.26 bits per heavy atom. The summed E-state index contributed by atoms with van der Waals surface area (Å²) in [5.74, 6) is -1.34. The van der Waals surface area contributed by atoms with Crippen LogP contribution in [-0.4, -0.2) is 47.1 Å². The molecule has 1 fully saturated rings. The number of hydrogen-bond donors (Lipinski definition) is 1. The van der Waals surface area contributed by atoms with Gasteiger partial charge >= 0.3 is 11.9 Å². The topological polar surface area (TPSA) is 115 Å². The van der Waals surface area contributed by atoms with Gasteiger partial charge in [-0.15, -0.1) is 0 Å². The van der Waals surface area contributed by atoms with E-state index in [1.807, 2.05) is 6.92 Å². The first-order valence-electron chi connectivity index (χ1n) is 13.8. The first-order chi connectivity index (χ1) is 20.2. The number of nitrogens with zero attached hydrogens (tertiary/aromatic N) is 2. The number of carbonyl (C=O) groups excluding carboxylic acids is 3. The Kier molecular flexibility index (Phi) is 8.44. The number of aryl methyl sites for hydroxylation is 1. The first-order valence-corrected chi connectivity index (χ1v) is 14.6. The maximum absolute atomic E-state index is 13.6. The number of anilines is 1. The number of aromatic nitrogens is 1. The largest absolute Gasteiger partial charge is 0.507 e.